The lowest BCUT2D eigenvalue weighted by Gasteiger charge is -2.21. The number of esters is 2. The van der Waals surface area contributed by atoms with Crippen molar-refractivity contribution < 1.29 is 19.1 Å². The van der Waals surface area contributed by atoms with Crippen LogP contribution in [0.25, 0.3) is 0 Å². The largest absolute Gasteiger partial charge is 0.465 e. The number of hydrogen-bond acceptors (Lipinski definition) is 5. The summed E-state index contributed by atoms with van der Waals surface area (Å²) in [6.45, 7) is 17.1. The van der Waals surface area contributed by atoms with Gasteiger partial charge in [-0.15, -0.1) is 0 Å². The van der Waals surface area contributed by atoms with Crippen molar-refractivity contribution in [3.63, 3.8) is 0 Å². The minimum absolute atomic E-state index is 0.151. The fourth-order valence-electron chi connectivity index (χ4n) is 4.84. The van der Waals surface area contributed by atoms with E-state index in [-0.39, 0.29) is 25.0 Å². The van der Waals surface area contributed by atoms with E-state index < -0.39 is 0 Å². The third-order valence-corrected chi connectivity index (χ3v) is 7.70. The van der Waals surface area contributed by atoms with E-state index >= 15 is 0 Å². The van der Waals surface area contributed by atoms with Crippen LogP contribution in [0.15, 0.2) is 23.3 Å². The van der Waals surface area contributed by atoms with Gasteiger partial charge in [0, 0.05) is 0 Å². The van der Waals surface area contributed by atoms with Crippen LogP contribution >= 0.6 is 0 Å². The molecule has 2 unspecified atom stereocenters. The number of carbonyl (C=O) groups is 2. The Labute approximate surface area is 254 Å². The van der Waals surface area contributed by atoms with Gasteiger partial charge in [-0.25, -0.2) is 0 Å². The number of nitrogens with zero attached hydrogens (tertiary/aromatic N) is 1. The van der Waals surface area contributed by atoms with Crippen LogP contribution in [0.2, 0.25) is 0 Å². The highest BCUT2D eigenvalue weighted by Gasteiger charge is 2.17. The van der Waals surface area contributed by atoms with Gasteiger partial charge in [-0.05, 0) is 91.0 Å². The van der Waals surface area contributed by atoms with Crippen LogP contribution < -0.4 is 0 Å². The van der Waals surface area contributed by atoms with Crippen molar-refractivity contribution in [1.82, 2.24) is 4.90 Å². The van der Waals surface area contributed by atoms with Crippen molar-refractivity contribution in [2.24, 2.45) is 11.8 Å². The van der Waals surface area contributed by atoms with Crippen LogP contribution in [0, 0.1) is 11.8 Å². The zero-order chi connectivity index (χ0) is 30.7. The van der Waals surface area contributed by atoms with Crippen molar-refractivity contribution in [2.45, 2.75) is 151 Å². The standard InChI is InChI=1S/C36H67NO4/c1-8-9-10-11-12-13-14-15-16-17-26-37(29-35(38)40-27-24-33(6)22-18-20-31(2)3)30-36(39)41-28-25-34(7)23-19-21-32(4)5/h20-21,33-34H,8-19,22-30H2,1-7H3. The lowest BCUT2D eigenvalue weighted by atomic mass is 10.0. The molecule has 0 amide bonds. The molecule has 0 rings (SSSR count). The van der Waals surface area contributed by atoms with E-state index in [4.69, 9.17) is 9.47 Å². The van der Waals surface area contributed by atoms with Crippen molar-refractivity contribution >= 4 is 11.9 Å². The molecule has 0 saturated heterocycles. The molecule has 0 aromatic carbocycles. The highest BCUT2D eigenvalue weighted by Crippen LogP contribution is 2.14. The molecule has 0 radical (unpaired) electrons. The van der Waals surface area contributed by atoms with Crippen molar-refractivity contribution in [1.29, 1.82) is 0 Å². The molecule has 0 saturated carbocycles. The Kier molecular flexibility index (Phi) is 26.2. The Bertz CT molecular complexity index is 658. The molecule has 0 heterocycles. The van der Waals surface area contributed by atoms with Gasteiger partial charge in [-0.1, -0.05) is 102 Å². The van der Waals surface area contributed by atoms with Crippen LogP contribution in [0.1, 0.15) is 151 Å². The second-order valence-corrected chi connectivity index (χ2v) is 12.8. The predicted molar refractivity (Wildman–Crippen MR) is 175 cm³/mol. The van der Waals surface area contributed by atoms with Gasteiger partial charge in [0.1, 0.15) is 0 Å². The van der Waals surface area contributed by atoms with Gasteiger partial charge in [0.2, 0.25) is 0 Å². The zero-order valence-corrected chi connectivity index (χ0v) is 28.2. The Morgan fingerprint density at radius 3 is 1.39 bits per heavy atom. The van der Waals surface area contributed by atoms with Gasteiger partial charge < -0.3 is 9.47 Å². The maximum Gasteiger partial charge on any atom is 0.320 e. The Morgan fingerprint density at radius 1 is 0.610 bits per heavy atom. The molecule has 2 atom stereocenters. The van der Waals surface area contributed by atoms with Gasteiger partial charge >= 0.3 is 11.9 Å². The molecule has 0 aliphatic carbocycles. The first-order valence-corrected chi connectivity index (χ1v) is 16.9. The summed E-state index contributed by atoms with van der Waals surface area (Å²) in [6.07, 6.45) is 23.2. The summed E-state index contributed by atoms with van der Waals surface area (Å²) in [7, 11) is 0. The van der Waals surface area contributed by atoms with Crippen molar-refractivity contribution in [3.05, 3.63) is 23.3 Å². The molecule has 0 aliphatic rings. The quantitative estimate of drug-likeness (QED) is 0.0552. The molecule has 41 heavy (non-hydrogen) atoms. The zero-order valence-electron chi connectivity index (χ0n) is 28.2. The van der Waals surface area contributed by atoms with Gasteiger partial charge in [0.05, 0.1) is 26.3 Å². The summed E-state index contributed by atoms with van der Waals surface area (Å²) < 4.78 is 11.1. The number of rotatable bonds is 27. The molecular formula is C36H67NO4. The molecule has 0 spiro atoms. The first-order chi connectivity index (χ1) is 19.6. The van der Waals surface area contributed by atoms with E-state index in [2.05, 4.69) is 60.6 Å². The average Bonchev–Trinajstić information content (AvgIpc) is 2.89. The van der Waals surface area contributed by atoms with Crippen LogP contribution in [0.4, 0.5) is 0 Å². The first kappa shape index (κ1) is 39.4. The number of carbonyl (C=O) groups excluding carboxylic acids is 2. The summed E-state index contributed by atoms with van der Waals surface area (Å²) in [5, 5.41) is 0. The minimum atomic E-state index is -0.241. The summed E-state index contributed by atoms with van der Waals surface area (Å²) in [4.78, 5) is 27.2. The van der Waals surface area contributed by atoms with E-state index in [1.54, 1.807) is 0 Å². The summed E-state index contributed by atoms with van der Waals surface area (Å²) in [5.41, 5.74) is 2.69. The molecule has 0 aromatic rings. The van der Waals surface area contributed by atoms with Crippen LogP contribution in [-0.2, 0) is 19.1 Å². The van der Waals surface area contributed by atoms with Crippen LogP contribution in [0.3, 0.4) is 0 Å². The monoisotopic (exact) mass is 578 g/mol. The van der Waals surface area contributed by atoms with E-state index in [1.165, 1.54) is 62.5 Å². The van der Waals surface area contributed by atoms with E-state index in [9.17, 15) is 9.59 Å². The summed E-state index contributed by atoms with van der Waals surface area (Å²) >= 11 is 0. The molecule has 0 fully saturated rings. The highest BCUT2D eigenvalue weighted by molar-refractivity contribution is 5.75. The Balaban J connectivity index is 4.50. The summed E-state index contributed by atoms with van der Waals surface area (Å²) in [6, 6.07) is 0. The molecule has 240 valence electrons. The maximum absolute atomic E-state index is 12.6. The molecule has 0 aromatic heterocycles. The highest BCUT2D eigenvalue weighted by atomic mass is 16.5. The van der Waals surface area contributed by atoms with Crippen LogP contribution in [0.5, 0.6) is 0 Å². The van der Waals surface area contributed by atoms with Crippen molar-refractivity contribution in [2.75, 3.05) is 32.8 Å². The minimum Gasteiger partial charge on any atom is -0.465 e. The van der Waals surface area contributed by atoms with Gasteiger partial charge in [-0.3, -0.25) is 14.5 Å². The van der Waals surface area contributed by atoms with Gasteiger partial charge in [0.25, 0.3) is 0 Å². The van der Waals surface area contributed by atoms with Gasteiger partial charge in [-0.2, -0.15) is 0 Å². The number of hydrogen-bond donors (Lipinski definition) is 0. The fourth-order valence-corrected chi connectivity index (χ4v) is 4.84. The number of ether oxygens (including phenoxy) is 2. The van der Waals surface area contributed by atoms with E-state index in [1.807, 2.05) is 4.90 Å². The molecule has 0 N–H and O–H groups in total. The average molecular weight is 578 g/mol. The molecule has 0 bridgehead atoms. The Morgan fingerprint density at radius 2 is 1.00 bits per heavy atom. The first-order valence-electron chi connectivity index (χ1n) is 16.9. The number of allylic oxidation sites excluding steroid dienone is 4. The predicted octanol–water partition coefficient (Wildman–Crippen LogP) is 9.84. The second-order valence-electron chi connectivity index (χ2n) is 12.8. The lowest BCUT2D eigenvalue weighted by Crippen LogP contribution is -2.37. The lowest BCUT2D eigenvalue weighted by molar-refractivity contribution is -0.149. The molecular weight excluding hydrogens is 510 g/mol. The smallest absolute Gasteiger partial charge is 0.320 e. The van der Waals surface area contributed by atoms with E-state index in [0.717, 1.165) is 57.9 Å². The number of unbranched alkanes of at least 4 members (excludes halogenated alkanes) is 9. The third-order valence-electron chi connectivity index (χ3n) is 7.70. The molecule has 5 nitrogen and oxygen atoms in total. The SMILES string of the molecule is CCCCCCCCCCCCN(CC(=O)OCCC(C)CCC=C(C)C)CC(=O)OCCC(C)CCC=C(C)C. The van der Waals surface area contributed by atoms with Gasteiger partial charge in [0.15, 0.2) is 0 Å². The fraction of sp³-hybridized carbons (Fsp3) is 0.833. The molecule has 5 heteroatoms. The maximum atomic E-state index is 12.6. The topological polar surface area (TPSA) is 55.8 Å². The van der Waals surface area contributed by atoms with Crippen LogP contribution in [-0.4, -0.2) is 49.7 Å². The normalized spacial score (nSPS) is 12.6. The van der Waals surface area contributed by atoms with E-state index in [0.29, 0.717) is 25.0 Å². The second kappa shape index (κ2) is 27.2. The summed E-state index contributed by atoms with van der Waals surface area (Å²) in [5.74, 6) is 0.546. The molecule has 0 aliphatic heterocycles. The Hall–Kier alpha value is -1.62. The van der Waals surface area contributed by atoms with Crippen molar-refractivity contribution in [3.8, 4) is 0 Å². The third kappa shape index (κ3) is 28.3.